The van der Waals surface area contributed by atoms with E-state index >= 15 is 0 Å². The number of benzene rings is 1. The van der Waals surface area contributed by atoms with E-state index in [0.29, 0.717) is 6.42 Å². The summed E-state index contributed by atoms with van der Waals surface area (Å²) in [5.74, 6) is 0.238. The van der Waals surface area contributed by atoms with Crippen LogP contribution < -0.4 is 0 Å². The third-order valence-corrected chi connectivity index (χ3v) is 4.27. The molecule has 1 aromatic carbocycles. The molecule has 0 aliphatic heterocycles. The second-order valence-corrected chi connectivity index (χ2v) is 7.67. The van der Waals surface area contributed by atoms with Gasteiger partial charge < -0.3 is 0 Å². The van der Waals surface area contributed by atoms with Gasteiger partial charge in [-0.1, -0.05) is 50.1 Å². The molecule has 0 N–H and O–H groups in total. The van der Waals surface area contributed by atoms with Crippen molar-refractivity contribution in [1.82, 2.24) is 0 Å². The summed E-state index contributed by atoms with van der Waals surface area (Å²) in [6.45, 7) is 7.65. The highest BCUT2D eigenvalue weighted by atomic mass is 79.9. The summed E-state index contributed by atoms with van der Waals surface area (Å²) in [6.07, 6.45) is 0.533. The summed E-state index contributed by atoms with van der Waals surface area (Å²) in [5.41, 5.74) is 3.57. The zero-order valence-electron chi connectivity index (χ0n) is 12.0. The van der Waals surface area contributed by atoms with Gasteiger partial charge in [0, 0.05) is 6.42 Å². The maximum absolute atomic E-state index is 11.6. The van der Waals surface area contributed by atoms with Crippen LogP contribution in [0.3, 0.4) is 0 Å². The minimum atomic E-state index is -0.352. The van der Waals surface area contributed by atoms with E-state index in [2.05, 4.69) is 57.8 Å². The first-order chi connectivity index (χ1) is 9.16. The number of halogens is 3. The number of alkyl halides is 2. The Kier molecular flexibility index (Phi) is 9.60. The second kappa shape index (κ2) is 9.69. The van der Waals surface area contributed by atoms with Gasteiger partial charge in [0.25, 0.3) is 0 Å². The molecule has 5 heteroatoms. The van der Waals surface area contributed by atoms with Crippen molar-refractivity contribution in [2.45, 2.75) is 43.8 Å². The number of hydrogen-bond acceptors (Lipinski definition) is 2. The number of carbonyl (C=O) groups is 2. The maximum Gasteiger partial charge on any atom is 0.235 e. The van der Waals surface area contributed by atoms with Gasteiger partial charge in [0.1, 0.15) is 0 Å². The van der Waals surface area contributed by atoms with Gasteiger partial charge in [-0.3, -0.25) is 9.59 Å². The number of carbonyl (C=O) groups excluding carboxylic acids is 2. The van der Waals surface area contributed by atoms with Crippen LogP contribution in [0.25, 0.3) is 0 Å². The summed E-state index contributed by atoms with van der Waals surface area (Å²) in [7, 11) is 0. The van der Waals surface area contributed by atoms with Crippen LogP contribution >= 0.6 is 43.5 Å². The molecule has 2 unspecified atom stereocenters. The molecule has 0 saturated carbocycles. The standard InChI is InChI=1S/C12H15BrO.C3H4BrClO/c1-8-5-4-6-9(2)11(8)7-12(14)10(3)13;1-2(4)3(5)6/h4-6,10H,7H2,1-3H3;2H,1H3. The Balaban J connectivity index is 0.000000511. The van der Waals surface area contributed by atoms with Crippen LogP contribution in [0, 0.1) is 13.8 Å². The van der Waals surface area contributed by atoms with Gasteiger partial charge in [0.2, 0.25) is 5.24 Å². The molecule has 0 aliphatic carbocycles. The molecular weight excluding hydrogens is 407 g/mol. The predicted molar refractivity (Wildman–Crippen MR) is 92.3 cm³/mol. The lowest BCUT2D eigenvalue weighted by Crippen LogP contribution is -2.14. The van der Waals surface area contributed by atoms with E-state index in [-0.39, 0.29) is 20.7 Å². The molecule has 2 nitrogen and oxygen atoms in total. The van der Waals surface area contributed by atoms with E-state index in [0.717, 1.165) is 0 Å². The van der Waals surface area contributed by atoms with Crippen molar-refractivity contribution in [3.8, 4) is 0 Å². The SMILES string of the molecule is CC(Br)C(=O)Cl.Cc1cccc(C)c1CC(=O)C(C)Br. The molecule has 0 aliphatic rings. The zero-order chi connectivity index (χ0) is 15.9. The Morgan fingerprint density at radius 1 is 1.10 bits per heavy atom. The third-order valence-electron chi connectivity index (χ3n) is 2.75. The van der Waals surface area contributed by atoms with Crippen molar-refractivity contribution >= 4 is 54.5 Å². The summed E-state index contributed by atoms with van der Waals surface area (Å²) in [6, 6.07) is 6.12. The van der Waals surface area contributed by atoms with Gasteiger partial charge in [0.15, 0.2) is 5.78 Å². The number of ketones is 1. The minimum absolute atomic E-state index is 0.0542. The summed E-state index contributed by atoms with van der Waals surface area (Å²) in [5, 5.41) is -0.352. The van der Waals surface area contributed by atoms with Crippen LogP contribution in [-0.2, 0) is 16.0 Å². The Morgan fingerprint density at radius 2 is 1.50 bits per heavy atom. The fourth-order valence-corrected chi connectivity index (χ4v) is 1.60. The molecule has 0 spiro atoms. The normalized spacial score (nSPS) is 12.9. The summed E-state index contributed by atoms with van der Waals surface area (Å²) in [4.78, 5) is 21.2. The fourth-order valence-electron chi connectivity index (χ4n) is 1.44. The molecule has 2 atom stereocenters. The first-order valence-electron chi connectivity index (χ1n) is 6.22. The van der Waals surface area contributed by atoms with Gasteiger partial charge in [-0.25, -0.2) is 0 Å². The smallest absolute Gasteiger partial charge is 0.235 e. The third kappa shape index (κ3) is 7.55. The first-order valence-corrected chi connectivity index (χ1v) is 8.43. The lowest BCUT2D eigenvalue weighted by atomic mass is 9.97. The lowest BCUT2D eigenvalue weighted by molar-refractivity contribution is -0.117. The number of Topliss-reactive ketones (excluding diaryl/α,β-unsaturated/α-hetero) is 1. The monoisotopic (exact) mass is 424 g/mol. The highest BCUT2D eigenvalue weighted by Gasteiger charge is 2.12. The number of hydrogen-bond donors (Lipinski definition) is 0. The summed E-state index contributed by atoms with van der Waals surface area (Å²) >= 11 is 11.2. The maximum atomic E-state index is 11.6. The van der Waals surface area contributed by atoms with Crippen LogP contribution in [0.4, 0.5) is 0 Å². The molecule has 0 amide bonds. The Morgan fingerprint density at radius 3 is 1.80 bits per heavy atom. The molecule has 0 radical (unpaired) electrons. The van der Waals surface area contributed by atoms with Crippen molar-refractivity contribution in [3.63, 3.8) is 0 Å². The van der Waals surface area contributed by atoms with E-state index in [4.69, 9.17) is 11.6 Å². The highest BCUT2D eigenvalue weighted by Crippen LogP contribution is 2.16. The molecule has 1 aromatic rings. The fraction of sp³-hybridized carbons (Fsp3) is 0.467. The molecule has 1 rings (SSSR count). The average Bonchev–Trinajstić information content (AvgIpc) is 2.34. The predicted octanol–water partition coefficient (Wildman–Crippen LogP) is 4.73. The van der Waals surface area contributed by atoms with Crippen LogP contribution in [-0.4, -0.2) is 20.7 Å². The summed E-state index contributed by atoms with van der Waals surface area (Å²) < 4.78 is 0. The molecule has 0 fully saturated rings. The Bertz CT molecular complexity index is 451. The van der Waals surface area contributed by atoms with Crippen LogP contribution in [0.5, 0.6) is 0 Å². The van der Waals surface area contributed by atoms with Gasteiger partial charge in [0.05, 0.1) is 9.65 Å². The van der Waals surface area contributed by atoms with E-state index in [1.165, 1.54) is 16.7 Å². The van der Waals surface area contributed by atoms with E-state index in [1.807, 2.05) is 13.0 Å². The van der Waals surface area contributed by atoms with Crippen molar-refractivity contribution in [1.29, 1.82) is 0 Å². The minimum Gasteiger partial charge on any atom is -0.298 e. The van der Waals surface area contributed by atoms with Gasteiger partial charge >= 0.3 is 0 Å². The van der Waals surface area contributed by atoms with Crippen LogP contribution in [0.2, 0.25) is 0 Å². The molecule has 112 valence electrons. The number of rotatable bonds is 4. The van der Waals surface area contributed by atoms with Crippen LogP contribution in [0.15, 0.2) is 18.2 Å². The lowest BCUT2D eigenvalue weighted by Gasteiger charge is -2.09. The van der Waals surface area contributed by atoms with Gasteiger partial charge in [-0.15, -0.1) is 0 Å². The van der Waals surface area contributed by atoms with Crippen molar-refractivity contribution < 1.29 is 9.59 Å². The Hall–Kier alpha value is -0.190. The van der Waals surface area contributed by atoms with E-state index < -0.39 is 0 Å². The molecule has 0 bridgehead atoms. The molecule has 20 heavy (non-hydrogen) atoms. The number of aryl methyl sites for hydroxylation is 2. The molecule has 0 aromatic heterocycles. The first kappa shape index (κ1) is 19.8. The largest absolute Gasteiger partial charge is 0.298 e. The van der Waals surface area contributed by atoms with Crippen molar-refractivity contribution in [2.24, 2.45) is 0 Å². The molecular formula is C15H19Br2ClO2. The van der Waals surface area contributed by atoms with Gasteiger partial charge in [-0.2, -0.15) is 0 Å². The second-order valence-electron chi connectivity index (χ2n) is 4.55. The highest BCUT2D eigenvalue weighted by molar-refractivity contribution is 9.10. The van der Waals surface area contributed by atoms with Crippen molar-refractivity contribution in [2.75, 3.05) is 0 Å². The average molecular weight is 427 g/mol. The van der Waals surface area contributed by atoms with E-state index in [9.17, 15) is 9.59 Å². The van der Waals surface area contributed by atoms with Crippen LogP contribution in [0.1, 0.15) is 30.5 Å². The quantitative estimate of drug-likeness (QED) is 0.515. The van der Waals surface area contributed by atoms with E-state index in [1.54, 1.807) is 6.92 Å². The zero-order valence-corrected chi connectivity index (χ0v) is 16.0. The molecule has 0 saturated heterocycles. The van der Waals surface area contributed by atoms with Crippen molar-refractivity contribution in [3.05, 3.63) is 34.9 Å². The van der Waals surface area contributed by atoms with Gasteiger partial charge in [-0.05, 0) is 56.0 Å². The molecule has 0 heterocycles. The topological polar surface area (TPSA) is 34.1 Å². The Labute approximate surface area is 142 Å².